The summed E-state index contributed by atoms with van der Waals surface area (Å²) in [6, 6.07) is 10.7. The lowest BCUT2D eigenvalue weighted by Crippen LogP contribution is -2.44. The highest BCUT2D eigenvalue weighted by atomic mass is 35.5. The van der Waals surface area contributed by atoms with Gasteiger partial charge in [0.2, 0.25) is 10.0 Å². The predicted molar refractivity (Wildman–Crippen MR) is 185 cm³/mol. The molecule has 266 valence electrons. The molecule has 0 radical (unpaired) electrons. The van der Waals surface area contributed by atoms with E-state index in [2.05, 4.69) is 9.62 Å². The Balaban J connectivity index is 1.53. The molecule has 4 atom stereocenters. The average molecular weight is 717 g/mol. The number of amides is 1. The van der Waals surface area contributed by atoms with Gasteiger partial charge in [-0.05, 0) is 105 Å². The lowest BCUT2D eigenvalue weighted by atomic mass is 9.70. The van der Waals surface area contributed by atoms with Crippen LogP contribution in [-0.4, -0.2) is 71.0 Å². The maximum absolute atomic E-state index is 13.5. The maximum Gasteiger partial charge on any atom is 0.332 e. The number of benzene rings is 2. The number of anilines is 1. The van der Waals surface area contributed by atoms with Gasteiger partial charge in [0, 0.05) is 23.7 Å². The number of aryl methyl sites for hydroxylation is 1. The molecule has 0 saturated heterocycles. The van der Waals surface area contributed by atoms with Gasteiger partial charge in [0.15, 0.2) is 0 Å². The largest absolute Gasteiger partial charge is 0.487 e. The predicted octanol–water partition coefficient (Wildman–Crippen LogP) is 5.38. The first kappa shape index (κ1) is 36.7. The minimum Gasteiger partial charge on any atom is -0.487 e. The number of nitrogens with zero attached hydrogens (tertiary/aromatic N) is 1. The summed E-state index contributed by atoms with van der Waals surface area (Å²) in [5.74, 6) is -1.07. The first-order chi connectivity index (χ1) is 23.6. The summed E-state index contributed by atoms with van der Waals surface area (Å²) >= 11 is 6.33. The number of sulfonamides is 1. The van der Waals surface area contributed by atoms with Crippen LogP contribution in [0.1, 0.15) is 73.4 Å². The van der Waals surface area contributed by atoms with E-state index in [4.69, 9.17) is 30.5 Å². The second-order valence-electron chi connectivity index (χ2n) is 12.8. The van der Waals surface area contributed by atoms with Gasteiger partial charge in [0.1, 0.15) is 19.0 Å². The standard InChI is InChI=1S/C36H45ClN2O9S/c1-3-46-35(41)23-48-32-10-5-4-9-29(20-34(40)45-2)49(43,44)38-36(42)25-13-16-33-31(19-25)39(21-26-12-15-30(26)32)17-7-6-8-24-18-28(37)14-11-27(24)22-47-33/h5,10-11,13-14,16,18-19,26,29-30,32H,3-4,6-9,12,15,17,20-23H2,1-2H3,(H,38,42)/b10-5+/t26-,29?,30+,32-/m0/s1. The van der Waals surface area contributed by atoms with Crippen LogP contribution in [0.5, 0.6) is 5.75 Å². The molecule has 1 unspecified atom stereocenters. The minimum absolute atomic E-state index is 0.0609. The molecule has 2 heterocycles. The number of rotatable bonds is 6. The van der Waals surface area contributed by atoms with Crippen LogP contribution in [0.3, 0.4) is 0 Å². The fourth-order valence-corrected chi connectivity index (χ4v) is 8.27. The average Bonchev–Trinajstić information content (AvgIpc) is 3.09. The van der Waals surface area contributed by atoms with E-state index in [1.165, 1.54) is 7.11 Å². The smallest absolute Gasteiger partial charge is 0.332 e. The van der Waals surface area contributed by atoms with Crippen LogP contribution >= 0.6 is 11.6 Å². The molecule has 2 aromatic rings. The molecule has 2 aromatic carbocycles. The lowest BCUT2D eigenvalue weighted by Gasteiger charge is -2.44. The van der Waals surface area contributed by atoms with Crippen LogP contribution < -0.4 is 14.4 Å². The number of allylic oxidation sites excluding steroid dienone is 1. The normalized spacial score (nSPS) is 24.7. The van der Waals surface area contributed by atoms with Gasteiger partial charge in [-0.2, -0.15) is 0 Å². The van der Waals surface area contributed by atoms with E-state index in [-0.39, 0.29) is 37.0 Å². The van der Waals surface area contributed by atoms with Crippen LogP contribution in [0.4, 0.5) is 5.69 Å². The van der Waals surface area contributed by atoms with Crippen LogP contribution in [0.25, 0.3) is 0 Å². The quantitative estimate of drug-likeness (QED) is 0.307. The molecule has 1 N–H and O–H groups in total. The van der Waals surface area contributed by atoms with E-state index in [9.17, 15) is 22.8 Å². The molecule has 1 aliphatic carbocycles. The molecule has 0 aromatic heterocycles. The van der Waals surface area contributed by atoms with Crippen LogP contribution in [0, 0.1) is 11.8 Å². The van der Waals surface area contributed by atoms with Crippen molar-refractivity contribution >= 4 is 45.2 Å². The fourth-order valence-electron chi connectivity index (χ4n) is 6.73. The van der Waals surface area contributed by atoms with E-state index in [0.717, 1.165) is 43.2 Å². The molecule has 2 aliphatic heterocycles. The van der Waals surface area contributed by atoms with E-state index < -0.39 is 45.6 Å². The summed E-state index contributed by atoms with van der Waals surface area (Å²) in [6.07, 6.45) is 7.67. The summed E-state index contributed by atoms with van der Waals surface area (Å²) in [6.45, 7) is 3.40. The number of esters is 2. The van der Waals surface area contributed by atoms with Crippen LogP contribution in [0.15, 0.2) is 48.6 Å². The van der Waals surface area contributed by atoms with E-state index >= 15 is 0 Å². The van der Waals surface area contributed by atoms with Gasteiger partial charge in [0.05, 0.1) is 37.2 Å². The summed E-state index contributed by atoms with van der Waals surface area (Å²) < 4.78 is 51.7. The second-order valence-corrected chi connectivity index (χ2v) is 15.2. The van der Waals surface area contributed by atoms with Crippen molar-refractivity contribution in [3.63, 3.8) is 0 Å². The number of fused-ring (bicyclic) bond motifs is 3. The molecule has 11 nitrogen and oxygen atoms in total. The molecule has 2 bridgehead atoms. The highest BCUT2D eigenvalue weighted by molar-refractivity contribution is 7.90. The number of nitrogens with one attached hydrogen (secondary N) is 1. The SMILES string of the molecule is CCOC(=O)CO[C@H]1/C=C/CCC(CC(=O)OC)S(=O)(=O)NC(=O)c2ccc3c(c2)N(CCCCc2cc(Cl)ccc2CO3)C[C@@H]2CC[C@H]21. The van der Waals surface area contributed by atoms with Crippen LogP contribution in [0.2, 0.25) is 5.02 Å². The zero-order valence-electron chi connectivity index (χ0n) is 28.0. The first-order valence-corrected chi connectivity index (χ1v) is 18.9. The number of halogens is 1. The molecule has 1 saturated carbocycles. The van der Waals surface area contributed by atoms with Gasteiger partial charge in [-0.15, -0.1) is 0 Å². The number of ether oxygens (including phenoxy) is 4. The number of hydrogen-bond acceptors (Lipinski definition) is 10. The molecule has 49 heavy (non-hydrogen) atoms. The van der Waals surface area contributed by atoms with Crippen molar-refractivity contribution < 1.29 is 41.7 Å². The second kappa shape index (κ2) is 16.9. The van der Waals surface area contributed by atoms with Gasteiger partial charge in [-0.3, -0.25) is 9.59 Å². The molecule has 13 heteroatoms. The number of hydrogen-bond donors (Lipinski definition) is 1. The van der Waals surface area contributed by atoms with Gasteiger partial charge in [0.25, 0.3) is 5.91 Å². The zero-order chi connectivity index (χ0) is 35.0. The Morgan fingerprint density at radius 2 is 1.90 bits per heavy atom. The lowest BCUT2D eigenvalue weighted by molar-refractivity contribution is -0.151. The fraction of sp³-hybridized carbons (Fsp3) is 0.528. The van der Waals surface area contributed by atoms with Gasteiger partial charge < -0.3 is 23.8 Å². The Bertz CT molecular complexity index is 1650. The number of methoxy groups -OCH3 is 1. The maximum atomic E-state index is 13.5. The van der Waals surface area contributed by atoms with Crippen molar-refractivity contribution in [2.24, 2.45) is 11.8 Å². The zero-order valence-corrected chi connectivity index (χ0v) is 29.6. The molecular weight excluding hydrogens is 672 g/mol. The van der Waals surface area contributed by atoms with E-state index in [1.807, 2.05) is 30.4 Å². The van der Waals surface area contributed by atoms with Crippen LogP contribution in [-0.2, 0) is 46.9 Å². The van der Waals surface area contributed by atoms with Gasteiger partial charge in [-0.1, -0.05) is 29.8 Å². The number of carbonyl (C=O) groups is 3. The van der Waals surface area contributed by atoms with Crippen molar-refractivity contribution in [3.8, 4) is 5.75 Å². The summed E-state index contributed by atoms with van der Waals surface area (Å²) in [5.41, 5.74) is 2.99. The highest BCUT2D eigenvalue weighted by Crippen LogP contribution is 2.42. The Hall–Kier alpha value is -3.61. The molecular formula is C36H45ClN2O9S. The molecule has 5 rings (SSSR count). The van der Waals surface area contributed by atoms with E-state index in [0.29, 0.717) is 42.6 Å². The van der Waals surface area contributed by atoms with E-state index in [1.54, 1.807) is 25.1 Å². The molecule has 0 spiro atoms. The number of carbonyl (C=O) groups excluding carboxylic acids is 3. The summed E-state index contributed by atoms with van der Waals surface area (Å²) in [5, 5.41) is -0.547. The van der Waals surface area contributed by atoms with Gasteiger partial charge >= 0.3 is 11.9 Å². The first-order valence-electron chi connectivity index (χ1n) is 16.9. The monoisotopic (exact) mass is 716 g/mol. The Kier molecular flexibility index (Phi) is 12.6. The van der Waals surface area contributed by atoms with Crippen molar-refractivity contribution in [3.05, 3.63) is 70.3 Å². The third kappa shape index (κ3) is 9.55. The Labute approximate surface area is 293 Å². The van der Waals surface area contributed by atoms with Gasteiger partial charge in [-0.25, -0.2) is 17.9 Å². The van der Waals surface area contributed by atoms with Crippen molar-refractivity contribution in [2.45, 2.75) is 76.3 Å². The third-order valence-electron chi connectivity index (χ3n) is 9.57. The summed E-state index contributed by atoms with van der Waals surface area (Å²) in [4.78, 5) is 40.2. The highest BCUT2D eigenvalue weighted by Gasteiger charge is 2.39. The van der Waals surface area contributed by atoms with Crippen molar-refractivity contribution in [1.29, 1.82) is 0 Å². The van der Waals surface area contributed by atoms with Crippen molar-refractivity contribution in [1.82, 2.24) is 4.72 Å². The Morgan fingerprint density at radius 3 is 2.65 bits per heavy atom. The summed E-state index contributed by atoms with van der Waals surface area (Å²) in [7, 11) is -3.10. The molecule has 1 amide bonds. The Morgan fingerprint density at radius 1 is 1.06 bits per heavy atom. The molecule has 1 fully saturated rings. The topological polar surface area (TPSA) is 138 Å². The van der Waals surface area contributed by atoms with Crippen molar-refractivity contribution in [2.75, 3.05) is 38.3 Å². The molecule has 3 aliphatic rings. The minimum atomic E-state index is -4.29. The third-order valence-corrected chi connectivity index (χ3v) is 11.6.